The molecule has 0 aliphatic carbocycles. The van der Waals surface area contributed by atoms with Crippen molar-refractivity contribution in [3.05, 3.63) is 53.4 Å². The highest BCUT2D eigenvalue weighted by Crippen LogP contribution is 2.23. The lowest BCUT2D eigenvalue weighted by Crippen LogP contribution is -2.13. The van der Waals surface area contributed by atoms with Crippen LogP contribution in [0, 0.1) is 0 Å². The fraction of sp³-hybridized carbons (Fsp3) is 0.375. The minimum absolute atomic E-state index is 0.0425. The van der Waals surface area contributed by atoms with Gasteiger partial charge in [0.15, 0.2) is 5.82 Å². The minimum atomic E-state index is -0.0425. The number of hydrogen-bond donors (Lipinski definition) is 1. The lowest BCUT2D eigenvalue weighted by atomic mass is 9.96. The molecule has 0 amide bonds. The van der Waals surface area contributed by atoms with E-state index in [1.807, 2.05) is 30.3 Å². The molecule has 3 aromatic rings. The molecule has 0 aliphatic rings. The third-order valence-electron chi connectivity index (χ3n) is 3.22. The van der Waals surface area contributed by atoms with E-state index < -0.39 is 0 Å². The fourth-order valence-corrected chi connectivity index (χ4v) is 2.61. The first-order valence-electron chi connectivity index (χ1n) is 7.42. The Hall–Kier alpha value is -2.15. The van der Waals surface area contributed by atoms with E-state index >= 15 is 0 Å². The summed E-state index contributed by atoms with van der Waals surface area (Å²) in [5.41, 5.74) is 1.12. The summed E-state index contributed by atoms with van der Waals surface area (Å²) in [6.07, 6.45) is 0.670. The average molecular weight is 329 g/mol. The molecule has 0 fully saturated rings. The van der Waals surface area contributed by atoms with E-state index in [0.717, 1.165) is 11.4 Å². The van der Waals surface area contributed by atoms with Gasteiger partial charge < -0.3 is 4.52 Å². The van der Waals surface area contributed by atoms with E-state index in [-0.39, 0.29) is 5.41 Å². The van der Waals surface area contributed by atoms with Crippen molar-refractivity contribution >= 4 is 11.8 Å². The van der Waals surface area contributed by atoms with Gasteiger partial charge in [-0.25, -0.2) is 4.98 Å². The van der Waals surface area contributed by atoms with Gasteiger partial charge in [0.25, 0.3) is 0 Å². The number of rotatable bonds is 5. The highest BCUT2D eigenvalue weighted by Gasteiger charge is 2.19. The van der Waals surface area contributed by atoms with Gasteiger partial charge in [0, 0.05) is 11.8 Å². The summed E-state index contributed by atoms with van der Waals surface area (Å²) in [6.45, 7) is 6.28. The molecule has 1 N–H and O–H groups in total. The number of thioether (sulfide) groups is 1. The van der Waals surface area contributed by atoms with Crippen LogP contribution in [0.5, 0.6) is 0 Å². The Bertz CT molecular complexity index is 760. The number of aromatic amines is 1. The Morgan fingerprint density at radius 1 is 1.13 bits per heavy atom. The van der Waals surface area contributed by atoms with E-state index in [0.29, 0.717) is 29.0 Å². The summed E-state index contributed by atoms with van der Waals surface area (Å²) >= 11 is 1.48. The Labute approximate surface area is 139 Å². The third-order valence-corrected chi connectivity index (χ3v) is 4.05. The summed E-state index contributed by atoms with van der Waals surface area (Å²) in [7, 11) is 0. The standard InChI is InChI=1S/C16H19N5OS/c1-16(2,3)14-18-15(20-19-14)23-10-13-17-12(21-22-13)9-11-7-5-4-6-8-11/h4-8H,9-10H2,1-3H3,(H,18,19,20). The number of nitrogens with one attached hydrogen (secondary N) is 1. The van der Waals surface area contributed by atoms with Crippen LogP contribution in [0.2, 0.25) is 0 Å². The van der Waals surface area contributed by atoms with E-state index in [1.54, 1.807) is 0 Å². The zero-order valence-corrected chi connectivity index (χ0v) is 14.2. The van der Waals surface area contributed by atoms with Crippen LogP contribution in [-0.2, 0) is 17.6 Å². The first-order chi connectivity index (χ1) is 11.0. The Morgan fingerprint density at radius 2 is 1.91 bits per heavy atom. The molecule has 0 unspecified atom stereocenters. The summed E-state index contributed by atoms with van der Waals surface area (Å²) in [4.78, 5) is 8.89. The first-order valence-corrected chi connectivity index (χ1v) is 8.40. The van der Waals surface area contributed by atoms with Gasteiger partial charge in [0.1, 0.15) is 5.82 Å². The van der Waals surface area contributed by atoms with Crippen molar-refractivity contribution < 1.29 is 4.52 Å². The van der Waals surface area contributed by atoms with Crippen LogP contribution in [0.4, 0.5) is 0 Å². The van der Waals surface area contributed by atoms with Crippen molar-refractivity contribution in [1.29, 1.82) is 0 Å². The van der Waals surface area contributed by atoms with Crippen LogP contribution in [-0.4, -0.2) is 25.3 Å². The van der Waals surface area contributed by atoms with Crippen molar-refractivity contribution in [3.8, 4) is 0 Å². The maximum atomic E-state index is 5.28. The Morgan fingerprint density at radius 3 is 2.61 bits per heavy atom. The van der Waals surface area contributed by atoms with Crippen molar-refractivity contribution in [2.75, 3.05) is 0 Å². The number of hydrogen-bond acceptors (Lipinski definition) is 6. The number of benzene rings is 1. The van der Waals surface area contributed by atoms with Crippen molar-refractivity contribution in [1.82, 2.24) is 25.3 Å². The maximum Gasteiger partial charge on any atom is 0.237 e. The summed E-state index contributed by atoms with van der Waals surface area (Å²) in [5.74, 6) is 2.71. The second-order valence-electron chi connectivity index (χ2n) is 6.27. The normalized spacial score (nSPS) is 11.8. The molecule has 0 atom stereocenters. The molecule has 6 nitrogen and oxygen atoms in total. The van der Waals surface area contributed by atoms with E-state index in [9.17, 15) is 0 Å². The van der Waals surface area contributed by atoms with E-state index in [4.69, 9.17) is 4.52 Å². The fourth-order valence-electron chi connectivity index (χ4n) is 1.97. The molecule has 7 heteroatoms. The molecule has 1 aromatic carbocycles. The van der Waals surface area contributed by atoms with Crippen LogP contribution < -0.4 is 0 Å². The van der Waals surface area contributed by atoms with Gasteiger partial charge in [-0.2, -0.15) is 4.98 Å². The predicted molar refractivity (Wildman–Crippen MR) is 88.2 cm³/mol. The minimum Gasteiger partial charge on any atom is -0.338 e. The van der Waals surface area contributed by atoms with Gasteiger partial charge in [-0.1, -0.05) is 68.0 Å². The molecule has 3 rings (SSSR count). The van der Waals surface area contributed by atoms with Gasteiger partial charge in [-0.3, -0.25) is 5.10 Å². The highest BCUT2D eigenvalue weighted by molar-refractivity contribution is 7.98. The van der Waals surface area contributed by atoms with Gasteiger partial charge in [0.2, 0.25) is 11.0 Å². The molecule has 2 heterocycles. The molecule has 2 aromatic heterocycles. The van der Waals surface area contributed by atoms with Crippen molar-refractivity contribution in [2.24, 2.45) is 0 Å². The first kappa shape index (κ1) is 15.7. The molecule has 0 bridgehead atoms. The summed E-state index contributed by atoms with van der Waals surface area (Å²) < 4.78 is 5.28. The Kier molecular flexibility index (Phi) is 4.47. The lowest BCUT2D eigenvalue weighted by molar-refractivity contribution is 0.385. The quantitative estimate of drug-likeness (QED) is 0.723. The smallest absolute Gasteiger partial charge is 0.237 e. The molecule has 120 valence electrons. The van der Waals surface area contributed by atoms with E-state index in [1.165, 1.54) is 11.8 Å². The van der Waals surface area contributed by atoms with Gasteiger partial charge >= 0.3 is 0 Å². The summed E-state index contributed by atoms with van der Waals surface area (Å²) in [5, 5.41) is 11.9. The monoisotopic (exact) mass is 329 g/mol. The Balaban J connectivity index is 1.58. The second-order valence-corrected chi connectivity index (χ2v) is 7.21. The van der Waals surface area contributed by atoms with E-state index in [2.05, 4.69) is 46.1 Å². The molecule has 0 radical (unpaired) electrons. The van der Waals surface area contributed by atoms with Crippen LogP contribution in [0.3, 0.4) is 0 Å². The topological polar surface area (TPSA) is 80.5 Å². The van der Waals surface area contributed by atoms with Crippen LogP contribution in [0.15, 0.2) is 40.0 Å². The van der Waals surface area contributed by atoms with Crippen LogP contribution in [0.25, 0.3) is 0 Å². The van der Waals surface area contributed by atoms with Gasteiger partial charge in [-0.05, 0) is 5.56 Å². The molecular formula is C16H19N5OS. The van der Waals surface area contributed by atoms with Crippen molar-refractivity contribution in [3.63, 3.8) is 0 Å². The van der Waals surface area contributed by atoms with Crippen molar-refractivity contribution in [2.45, 2.75) is 43.5 Å². The lowest BCUT2D eigenvalue weighted by Gasteiger charge is -2.12. The average Bonchev–Trinajstić information content (AvgIpc) is 3.15. The molecule has 0 spiro atoms. The zero-order valence-electron chi connectivity index (χ0n) is 13.4. The summed E-state index contributed by atoms with van der Waals surface area (Å²) in [6, 6.07) is 10.1. The molecule has 0 saturated carbocycles. The molecule has 0 saturated heterocycles. The largest absolute Gasteiger partial charge is 0.338 e. The predicted octanol–water partition coefficient (Wildman–Crippen LogP) is 3.37. The molecular weight excluding hydrogens is 310 g/mol. The van der Waals surface area contributed by atoms with Gasteiger partial charge in [0.05, 0.1) is 5.75 Å². The van der Waals surface area contributed by atoms with Gasteiger partial charge in [-0.15, -0.1) is 5.10 Å². The second kappa shape index (κ2) is 6.54. The number of nitrogens with zero attached hydrogens (tertiary/aromatic N) is 4. The SMILES string of the molecule is CC(C)(C)c1nc(SCc2nc(Cc3ccccc3)no2)n[nH]1. The van der Waals surface area contributed by atoms with Crippen LogP contribution >= 0.6 is 11.8 Å². The molecule has 23 heavy (non-hydrogen) atoms. The maximum absolute atomic E-state index is 5.28. The highest BCUT2D eigenvalue weighted by atomic mass is 32.2. The zero-order chi connectivity index (χ0) is 16.3. The number of H-pyrrole nitrogens is 1. The third kappa shape index (κ3) is 4.19. The number of aromatic nitrogens is 5. The van der Waals surface area contributed by atoms with Crippen LogP contribution in [0.1, 0.15) is 43.9 Å². The molecule has 0 aliphatic heterocycles.